The highest BCUT2D eigenvalue weighted by Gasteiger charge is 2.29. The standard InChI is InChI=1S/C21H21N5O3/c1-12(15-7-19(27)23-10-15)29-21-20-17(24-11-26(20)2)8-16(25-21)13-4-5-18(28-3)14(6-13)9-22/h4-6,8,11-12,15H,7,10H2,1-3H3,(H,23,27)/t12-,15?/m1/s1. The highest BCUT2D eigenvalue weighted by molar-refractivity contribution is 5.85. The number of hydrogen-bond donors (Lipinski definition) is 1. The number of nitriles is 1. The molecule has 1 amide bonds. The molecule has 8 heteroatoms. The van der Waals surface area contributed by atoms with Gasteiger partial charge in [0.2, 0.25) is 11.8 Å². The summed E-state index contributed by atoms with van der Waals surface area (Å²) in [4.78, 5) is 20.7. The molecule has 0 bridgehead atoms. The summed E-state index contributed by atoms with van der Waals surface area (Å²) >= 11 is 0. The van der Waals surface area contributed by atoms with Gasteiger partial charge >= 0.3 is 0 Å². The summed E-state index contributed by atoms with van der Waals surface area (Å²) in [5.41, 5.74) is 3.38. The topological polar surface area (TPSA) is 102 Å². The lowest BCUT2D eigenvalue weighted by Crippen LogP contribution is -2.26. The largest absolute Gasteiger partial charge is 0.495 e. The average molecular weight is 391 g/mol. The number of pyridine rings is 1. The first-order chi connectivity index (χ1) is 14.0. The lowest BCUT2D eigenvalue weighted by Gasteiger charge is -2.20. The summed E-state index contributed by atoms with van der Waals surface area (Å²) in [5.74, 6) is 1.10. The van der Waals surface area contributed by atoms with Gasteiger partial charge in [-0.2, -0.15) is 5.26 Å². The molecule has 0 aliphatic carbocycles. The molecule has 0 spiro atoms. The van der Waals surface area contributed by atoms with Crippen molar-refractivity contribution in [3.63, 3.8) is 0 Å². The van der Waals surface area contributed by atoms with Crippen LogP contribution in [0.25, 0.3) is 22.3 Å². The van der Waals surface area contributed by atoms with Crippen molar-refractivity contribution in [1.82, 2.24) is 19.9 Å². The first-order valence-corrected chi connectivity index (χ1v) is 9.34. The van der Waals surface area contributed by atoms with E-state index in [1.165, 1.54) is 7.11 Å². The average Bonchev–Trinajstić information content (AvgIpc) is 3.33. The van der Waals surface area contributed by atoms with Crippen molar-refractivity contribution in [2.75, 3.05) is 13.7 Å². The predicted octanol–water partition coefficient (Wildman–Crippen LogP) is 2.42. The van der Waals surface area contributed by atoms with E-state index in [-0.39, 0.29) is 17.9 Å². The maximum atomic E-state index is 11.6. The SMILES string of the molecule is COc1ccc(-c2cc3ncn(C)c3c(O[C@H](C)C3CNC(=O)C3)n2)cc1C#N. The molecule has 29 heavy (non-hydrogen) atoms. The zero-order valence-electron chi connectivity index (χ0n) is 16.5. The monoisotopic (exact) mass is 391 g/mol. The van der Waals surface area contributed by atoms with Gasteiger partial charge in [0.1, 0.15) is 23.4 Å². The number of carbonyl (C=O) groups is 1. The number of nitrogens with zero attached hydrogens (tertiary/aromatic N) is 4. The molecule has 3 heterocycles. The van der Waals surface area contributed by atoms with Crippen molar-refractivity contribution in [2.24, 2.45) is 13.0 Å². The van der Waals surface area contributed by atoms with E-state index in [4.69, 9.17) is 14.5 Å². The van der Waals surface area contributed by atoms with E-state index in [0.717, 1.165) is 16.6 Å². The number of aryl methyl sites for hydroxylation is 1. The quantitative estimate of drug-likeness (QED) is 0.717. The summed E-state index contributed by atoms with van der Waals surface area (Å²) in [7, 11) is 3.42. The maximum Gasteiger partial charge on any atom is 0.241 e. The zero-order valence-corrected chi connectivity index (χ0v) is 16.5. The first kappa shape index (κ1) is 18.7. The van der Waals surface area contributed by atoms with E-state index in [0.29, 0.717) is 35.9 Å². The Hall–Kier alpha value is -3.60. The van der Waals surface area contributed by atoms with Gasteiger partial charge in [0, 0.05) is 31.5 Å². The van der Waals surface area contributed by atoms with Crippen LogP contribution in [0.1, 0.15) is 18.9 Å². The van der Waals surface area contributed by atoms with Gasteiger partial charge in [0.15, 0.2) is 0 Å². The molecule has 3 aromatic rings. The molecule has 1 aromatic carbocycles. The van der Waals surface area contributed by atoms with Crippen LogP contribution in [0, 0.1) is 17.2 Å². The third kappa shape index (κ3) is 3.47. The number of rotatable bonds is 5. The fourth-order valence-corrected chi connectivity index (χ4v) is 3.55. The number of ether oxygens (including phenoxy) is 2. The molecule has 1 fully saturated rings. The number of methoxy groups -OCH3 is 1. The molecule has 4 rings (SSSR count). The van der Waals surface area contributed by atoms with Crippen LogP contribution in [0.4, 0.5) is 0 Å². The molecule has 1 saturated heterocycles. The van der Waals surface area contributed by atoms with Crippen molar-refractivity contribution in [2.45, 2.75) is 19.4 Å². The van der Waals surface area contributed by atoms with Crippen molar-refractivity contribution in [3.05, 3.63) is 36.2 Å². The molecule has 2 aromatic heterocycles. The van der Waals surface area contributed by atoms with Crippen molar-refractivity contribution in [1.29, 1.82) is 5.26 Å². The van der Waals surface area contributed by atoms with Gasteiger partial charge in [-0.3, -0.25) is 4.79 Å². The summed E-state index contributed by atoms with van der Waals surface area (Å²) < 4.78 is 13.3. The summed E-state index contributed by atoms with van der Waals surface area (Å²) in [6.07, 6.45) is 1.96. The van der Waals surface area contributed by atoms with Crippen LogP contribution in [0.15, 0.2) is 30.6 Å². The minimum Gasteiger partial charge on any atom is -0.495 e. The normalized spacial score (nSPS) is 17.0. The lowest BCUT2D eigenvalue weighted by molar-refractivity contribution is -0.119. The Balaban J connectivity index is 1.75. The Bertz CT molecular complexity index is 1130. The Kier molecular flexibility index (Phi) is 4.80. The van der Waals surface area contributed by atoms with Gasteiger partial charge in [0.25, 0.3) is 0 Å². The molecular formula is C21H21N5O3. The van der Waals surface area contributed by atoms with Crippen LogP contribution in [0.2, 0.25) is 0 Å². The second-order valence-electron chi connectivity index (χ2n) is 7.15. The minimum absolute atomic E-state index is 0.0418. The molecular weight excluding hydrogens is 370 g/mol. The minimum atomic E-state index is -0.194. The van der Waals surface area contributed by atoms with Crippen LogP contribution in [-0.4, -0.2) is 40.2 Å². The van der Waals surface area contributed by atoms with E-state index in [2.05, 4.69) is 16.4 Å². The first-order valence-electron chi connectivity index (χ1n) is 9.34. The van der Waals surface area contributed by atoms with Crippen LogP contribution in [-0.2, 0) is 11.8 Å². The van der Waals surface area contributed by atoms with Crippen LogP contribution in [0.3, 0.4) is 0 Å². The lowest BCUT2D eigenvalue weighted by atomic mass is 10.0. The molecule has 8 nitrogen and oxygen atoms in total. The molecule has 148 valence electrons. The fourth-order valence-electron chi connectivity index (χ4n) is 3.55. The number of fused-ring (bicyclic) bond motifs is 1. The maximum absolute atomic E-state index is 11.6. The Morgan fingerprint density at radius 2 is 2.21 bits per heavy atom. The van der Waals surface area contributed by atoms with E-state index in [9.17, 15) is 10.1 Å². The highest BCUT2D eigenvalue weighted by atomic mass is 16.5. The van der Waals surface area contributed by atoms with Crippen molar-refractivity contribution in [3.8, 4) is 29.0 Å². The van der Waals surface area contributed by atoms with Gasteiger partial charge < -0.3 is 19.4 Å². The predicted molar refractivity (Wildman–Crippen MR) is 106 cm³/mol. The summed E-state index contributed by atoms with van der Waals surface area (Å²) in [5, 5.41) is 12.2. The number of aromatic nitrogens is 3. The van der Waals surface area contributed by atoms with Crippen LogP contribution < -0.4 is 14.8 Å². The van der Waals surface area contributed by atoms with E-state index < -0.39 is 0 Å². The number of imidazole rings is 1. The van der Waals surface area contributed by atoms with Crippen LogP contribution in [0.5, 0.6) is 11.6 Å². The number of carbonyl (C=O) groups excluding carboxylic acids is 1. The third-order valence-corrected chi connectivity index (χ3v) is 5.25. The Labute approximate surface area is 168 Å². The van der Waals surface area contributed by atoms with Gasteiger partial charge in [0.05, 0.1) is 30.2 Å². The number of benzene rings is 1. The Morgan fingerprint density at radius 3 is 2.90 bits per heavy atom. The van der Waals surface area contributed by atoms with E-state index >= 15 is 0 Å². The number of hydrogen-bond acceptors (Lipinski definition) is 6. The van der Waals surface area contributed by atoms with Crippen molar-refractivity contribution >= 4 is 16.9 Å². The van der Waals surface area contributed by atoms with Gasteiger partial charge in [-0.05, 0) is 31.2 Å². The van der Waals surface area contributed by atoms with Gasteiger partial charge in [-0.1, -0.05) is 0 Å². The molecule has 1 N–H and O–H groups in total. The second-order valence-corrected chi connectivity index (χ2v) is 7.15. The molecule has 0 saturated carbocycles. The molecule has 1 aliphatic heterocycles. The third-order valence-electron chi connectivity index (χ3n) is 5.25. The highest BCUT2D eigenvalue weighted by Crippen LogP contribution is 2.32. The summed E-state index contributed by atoms with van der Waals surface area (Å²) in [6, 6.07) is 9.35. The van der Waals surface area contributed by atoms with Crippen LogP contribution >= 0.6 is 0 Å². The van der Waals surface area contributed by atoms with E-state index in [1.807, 2.05) is 30.7 Å². The van der Waals surface area contributed by atoms with Gasteiger partial charge in [-0.15, -0.1) is 0 Å². The molecule has 1 aliphatic rings. The molecule has 2 atom stereocenters. The van der Waals surface area contributed by atoms with E-state index in [1.54, 1.807) is 18.5 Å². The number of nitrogens with one attached hydrogen (secondary N) is 1. The fraction of sp³-hybridized carbons (Fsp3) is 0.333. The smallest absolute Gasteiger partial charge is 0.241 e. The summed E-state index contributed by atoms with van der Waals surface area (Å²) in [6.45, 7) is 2.54. The number of amides is 1. The van der Waals surface area contributed by atoms with Crippen molar-refractivity contribution < 1.29 is 14.3 Å². The zero-order chi connectivity index (χ0) is 20.5. The molecule has 1 unspecified atom stereocenters. The molecule has 0 radical (unpaired) electrons. The second kappa shape index (κ2) is 7.43. The van der Waals surface area contributed by atoms with Gasteiger partial charge in [-0.25, -0.2) is 9.97 Å². The Morgan fingerprint density at radius 1 is 1.38 bits per heavy atom.